The number of aromatic carboxylic acids is 1. The van der Waals surface area contributed by atoms with Crippen molar-refractivity contribution in [3.8, 4) is 5.75 Å². The van der Waals surface area contributed by atoms with Gasteiger partial charge in [-0.3, -0.25) is 4.79 Å². The number of H-pyrrole nitrogens is 1. The van der Waals surface area contributed by atoms with E-state index in [-0.39, 0.29) is 22.4 Å². The Kier molecular flexibility index (Phi) is 2.76. The molecular weight excluding hydrogens is 194 g/mol. The van der Waals surface area contributed by atoms with Crippen LogP contribution < -0.4 is 4.74 Å². The van der Waals surface area contributed by atoms with E-state index < -0.39 is 5.97 Å². The summed E-state index contributed by atoms with van der Waals surface area (Å²) in [5.41, 5.74) is -0.102. The third-order valence-electron chi connectivity index (χ3n) is 1.29. The van der Waals surface area contributed by atoms with Gasteiger partial charge in [-0.05, 0) is 6.07 Å². The molecule has 0 aliphatic carbocycles. The number of nitrogens with one attached hydrogen (secondary N) is 1. The molecule has 1 heterocycles. The molecule has 0 bridgehead atoms. The zero-order valence-corrected chi connectivity index (χ0v) is 7.13. The van der Waals surface area contributed by atoms with Gasteiger partial charge in [0.25, 0.3) is 6.47 Å². The van der Waals surface area contributed by atoms with E-state index in [1.165, 1.54) is 12.3 Å². The third-order valence-corrected chi connectivity index (χ3v) is 1.63. The molecule has 13 heavy (non-hydrogen) atoms. The van der Waals surface area contributed by atoms with E-state index in [0.29, 0.717) is 0 Å². The predicted molar refractivity (Wildman–Crippen MR) is 45.3 cm³/mol. The number of pyridine rings is 1. The second-order valence-electron chi connectivity index (χ2n) is 2.10. The van der Waals surface area contributed by atoms with Crippen molar-refractivity contribution in [2.24, 2.45) is 0 Å². The first kappa shape index (κ1) is 9.40. The summed E-state index contributed by atoms with van der Waals surface area (Å²) < 4.78 is 4.52. The van der Waals surface area contributed by atoms with Crippen LogP contribution >= 0.6 is 12.2 Å². The molecule has 5 nitrogen and oxygen atoms in total. The highest BCUT2D eigenvalue weighted by Crippen LogP contribution is 2.11. The molecule has 0 unspecified atom stereocenters. The van der Waals surface area contributed by atoms with E-state index in [1.807, 2.05) is 0 Å². The van der Waals surface area contributed by atoms with E-state index in [1.54, 1.807) is 0 Å². The number of ether oxygens (including phenoxy) is 1. The lowest BCUT2D eigenvalue weighted by Gasteiger charge is -1.98. The van der Waals surface area contributed by atoms with E-state index >= 15 is 0 Å². The fraction of sp³-hybridized carbons (Fsp3) is 0. The molecule has 1 rings (SSSR count). The number of carboxylic acid groups (broad SMARTS) is 1. The number of hydrogen-bond acceptors (Lipinski definition) is 4. The maximum absolute atomic E-state index is 10.5. The van der Waals surface area contributed by atoms with Gasteiger partial charge >= 0.3 is 5.97 Å². The van der Waals surface area contributed by atoms with Crippen molar-refractivity contribution in [3.05, 3.63) is 22.5 Å². The van der Waals surface area contributed by atoms with Gasteiger partial charge in [0.05, 0.1) is 5.56 Å². The normalized spacial score (nSPS) is 9.23. The molecule has 2 N–H and O–H groups in total. The summed E-state index contributed by atoms with van der Waals surface area (Å²) in [7, 11) is 0. The van der Waals surface area contributed by atoms with Crippen molar-refractivity contribution >= 4 is 24.7 Å². The number of aromatic nitrogens is 1. The van der Waals surface area contributed by atoms with Gasteiger partial charge in [0.2, 0.25) is 0 Å². The van der Waals surface area contributed by atoms with Crippen LogP contribution in [0, 0.1) is 4.64 Å². The molecule has 1 aromatic rings. The SMILES string of the molecule is O=COc1c[nH]c(=S)c(C(=O)O)c1. The summed E-state index contributed by atoms with van der Waals surface area (Å²) in [6, 6.07) is 1.18. The minimum atomic E-state index is -1.17. The van der Waals surface area contributed by atoms with Crippen LogP contribution in [-0.2, 0) is 4.79 Å². The van der Waals surface area contributed by atoms with E-state index in [0.717, 1.165) is 0 Å². The quantitative estimate of drug-likeness (QED) is 0.560. The Morgan fingerprint density at radius 2 is 2.38 bits per heavy atom. The van der Waals surface area contributed by atoms with Gasteiger partial charge in [-0.1, -0.05) is 12.2 Å². The minimum absolute atomic E-state index is 0.0887. The van der Waals surface area contributed by atoms with Crippen molar-refractivity contribution in [3.63, 3.8) is 0 Å². The highest BCUT2D eigenvalue weighted by atomic mass is 32.1. The number of aromatic amines is 1. The summed E-state index contributed by atoms with van der Waals surface area (Å²) in [4.78, 5) is 23.0. The molecule has 1 aromatic heterocycles. The van der Waals surface area contributed by atoms with Gasteiger partial charge in [-0.15, -0.1) is 0 Å². The molecule has 0 saturated carbocycles. The lowest BCUT2D eigenvalue weighted by molar-refractivity contribution is -0.120. The Balaban J connectivity index is 3.18. The largest absolute Gasteiger partial charge is 0.478 e. The number of carbonyl (C=O) groups is 2. The minimum Gasteiger partial charge on any atom is -0.478 e. The standard InChI is InChI=1S/C7H5NO4S/c9-3-12-4-1-5(7(10)11)6(13)8-2-4/h1-3H,(H,8,13)(H,10,11). The second-order valence-corrected chi connectivity index (χ2v) is 2.51. The Labute approximate surface area is 78.0 Å². The first-order valence-corrected chi connectivity index (χ1v) is 3.62. The van der Waals surface area contributed by atoms with Crippen molar-refractivity contribution in [1.82, 2.24) is 4.98 Å². The smallest absolute Gasteiger partial charge is 0.338 e. The molecule has 0 radical (unpaired) electrons. The summed E-state index contributed by atoms with van der Waals surface area (Å²) in [6.45, 7) is 0.206. The first-order valence-electron chi connectivity index (χ1n) is 3.21. The first-order chi connectivity index (χ1) is 6.15. The van der Waals surface area contributed by atoms with Gasteiger partial charge < -0.3 is 14.8 Å². The molecule has 0 aromatic carbocycles. The molecule has 6 heteroatoms. The monoisotopic (exact) mass is 199 g/mol. The Morgan fingerprint density at radius 3 is 2.92 bits per heavy atom. The highest BCUT2D eigenvalue weighted by molar-refractivity contribution is 7.71. The van der Waals surface area contributed by atoms with Gasteiger partial charge in [-0.25, -0.2) is 4.79 Å². The molecule has 0 aliphatic rings. The molecule has 0 atom stereocenters. The van der Waals surface area contributed by atoms with Crippen molar-refractivity contribution in [2.75, 3.05) is 0 Å². The van der Waals surface area contributed by atoms with Crippen LogP contribution in [0.2, 0.25) is 0 Å². The Bertz CT molecular complexity index is 398. The van der Waals surface area contributed by atoms with Crippen molar-refractivity contribution in [1.29, 1.82) is 0 Å². The molecule has 0 saturated heterocycles. The molecule has 0 amide bonds. The molecule has 0 spiro atoms. The van der Waals surface area contributed by atoms with Gasteiger partial charge in [-0.2, -0.15) is 0 Å². The van der Waals surface area contributed by atoms with E-state index in [2.05, 4.69) is 9.72 Å². The fourth-order valence-corrected chi connectivity index (χ4v) is 0.952. The number of rotatable bonds is 3. The third kappa shape index (κ3) is 2.12. The van der Waals surface area contributed by atoms with Gasteiger partial charge in [0.15, 0.2) is 0 Å². The molecular formula is C7H5NO4S. The average Bonchev–Trinajstić information content (AvgIpc) is 2.08. The molecule has 68 valence electrons. The lowest BCUT2D eigenvalue weighted by Crippen LogP contribution is -2.00. The van der Waals surface area contributed by atoms with Crippen LogP contribution in [0.15, 0.2) is 12.3 Å². The van der Waals surface area contributed by atoms with Gasteiger partial charge in [0, 0.05) is 6.20 Å². The zero-order chi connectivity index (χ0) is 9.84. The Morgan fingerprint density at radius 1 is 1.69 bits per heavy atom. The predicted octanol–water partition coefficient (Wildman–Crippen LogP) is 0.978. The van der Waals surface area contributed by atoms with Crippen molar-refractivity contribution in [2.45, 2.75) is 0 Å². The number of hydrogen-bond donors (Lipinski definition) is 2. The van der Waals surface area contributed by atoms with Gasteiger partial charge in [0.1, 0.15) is 10.4 Å². The van der Waals surface area contributed by atoms with Crippen LogP contribution in [0.25, 0.3) is 0 Å². The fourth-order valence-electron chi connectivity index (χ4n) is 0.746. The summed E-state index contributed by atoms with van der Waals surface area (Å²) in [5.74, 6) is -1.06. The Hall–Kier alpha value is -1.69. The zero-order valence-electron chi connectivity index (χ0n) is 6.31. The van der Waals surface area contributed by atoms with Crippen LogP contribution in [-0.4, -0.2) is 22.5 Å². The van der Waals surface area contributed by atoms with Crippen molar-refractivity contribution < 1.29 is 19.4 Å². The average molecular weight is 199 g/mol. The second kappa shape index (κ2) is 3.81. The number of carbonyl (C=O) groups excluding carboxylic acids is 1. The lowest BCUT2D eigenvalue weighted by atomic mass is 10.3. The summed E-state index contributed by atoms with van der Waals surface area (Å²) in [6.07, 6.45) is 1.31. The molecule has 0 aliphatic heterocycles. The van der Waals surface area contributed by atoms with E-state index in [9.17, 15) is 9.59 Å². The maximum atomic E-state index is 10.5. The van der Waals surface area contributed by atoms with E-state index in [4.69, 9.17) is 17.3 Å². The summed E-state index contributed by atoms with van der Waals surface area (Å²) in [5, 5.41) is 8.63. The van der Waals surface area contributed by atoms with Crippen LogP contribution in [0.4, 0.5) is 0 Å². The van der Waals surface area contributed by atoms with Crippen LogP contribution in [0.5, 0.6) is 5.75 Å². The summed E-state index contributed by atoms with van der Waals surface area (Å²) >= 11 is 4.69. The van der Waals surface area contributed by atoms with Crippen LogP contribution in [0.3, 0.4) is 0 Å². The number of carboxylic acids is 1. The highest BCUT2D eigenvalue weighted by Gasteiger charge is 2.06. The topological polar surface area (TPSA) is 79.4 Å². The maximum Gasteiger partial charge on any atom is 0.338 e. The molecule has 0 fully saturated rings. The van der Waals surface area contributed by atoms with Crippen LogP contribution in [0.1, 0.15) is 10.4 Å².